The first-order valence-electron chi connectivity index (χ1n) is 18.5. The van der Waals surface area contributed by atoms with Gasteiger partial charge in [0.1, 0.15) is 29.5 Å². The molecule has 3 N–H and O–H groups in total. The molecule has 1 saturated heterocycles. The summed E-state index contributed by atoms with van der Waals surface area (Å²) < 4.78 is 88.2. The van der Waals surface area contributed by atoms with E-state index >= 15 is 0 Å². The number of halogens is 4. The lowest BCUT2D eigenvalue weighted by Gasteiger charge is -2.36. The van der Waals surface area contributed by atoms with Crippen molar-refractivity contribution in [2.75, 3.05) is 11.9 Å². The van der Waals surface area contributed by atoms with Gasteiger partial charge in [-0.2, -0.15) is 13.2 Å². The van der Waals surface area contributed by atoms with E-state index in [-0.39, 0.29) is 31.6 Å². The molecule has 5 unspecified atom stereocenters. The third-order valence-electron chi connectivity index (χ3n) is 11.4. The van der Waals surface area contributed by atoms with Gasteiger partial charge >= 0.3 is 12.3 Å². The van der Waals surface area contributed by atoms with Crippen LogP contribution in [-0.2, 0) is 54.8 Å². The lowest BCUT2D eigenvalue weighted by atomic mass is 9.85. The highest BCUT2D eigenvalue weighted by molar-refractivity contribution is 7.91. The molecule has 2 aliphatic carbocycles. The average Bonchev–Trinajstić information content (AvgIpc) is 3.92. The van der Waals surface area contributed by atoms with Gasteiger partial charge in [-0.25, -0.2) is 17.6 Å². The number of rotatable bonds is 11. The Morgan fingerprint density at radius 1 is 1.09 bits per heavy atom. The van der Waals surface area contributed by atoms with Gasteiger partial charge < -0.3 is 20.3 Å². The van der Waals surface area contributed by atoms with Gasteiger partial charge in [-0.3, -0.25) is 24.0 Å². The van der Waals surface area contributed by atoms with Crippen LogP contribution in [0.2, 0.25) is 0 Å². The Morgan fingerprint density at radius 3 is 2.38 bits per heavy atom. The molecule has 56 heavy (non-hydrogen) atoms. The molecular formula is C39H47F4N5O7S. The van der Waals surface area contributed by atoms with Crippen molar-refractivity contribution >= 4 is 39.5 Å². The van der Waals surface area contributed by atoms with E-state index in [0.29, 0.717) is 31.5 Å². The SMILES string of the molecule is C=CC1CC1(NC(=O)C1CC(OC(=O)N2Cc3cccc(CC)c3C2)CN1C(=O)C(Nc1cc(F)cc(C(F)(F)F)c1)C(C)(C)C)C(=O)NS(=O)(=O)C1(C)CC1. The number of aryl methyl sites for hydroxylation is 1. The van der Waals surface area contributed by atoms with Gasteiger partial charge in [-0.05, 0) is 72.9 Å². The molecular weight excluding hydrogens is 759 g/mol. The third-order valence-corrected chi connectivity index (χ3v) is 13.5. The largest absolute Gasteiger partial charge is 0.444 e. The van der Waals surface area contributed by atoms with Crippen LogP contribution in [0, 0.1) is 17.2 Å². The first-order valence-corrected chi connectivity index (χ1v) is 20.0. The van der Waals surface area contributed by atoms with E-state index in [1.165, 1.54) is 17.9 Å². The van der Waals surface area contributed by atoms with Gasteiger partial charge in [0.2, 0.25) is 21.8 Å². The van der Waals surface area contributed by atoms with Crippen LogP contribution in [0.1, 0.15) is 82.6 Å². The quantitative estimate of drug-likeness (QED) is 0.201. The number of carbonyl (C=O) groups is 4. The maximum atomic E-state index is 14.6. The predicted molar refractivity (Wildman–Crippen MR) is 198 cm³/mol. The van der Waals surface area contributed by atoms with Crippen LogP contribution in [0.3, 0.4) is 0 Å². The van der Waals surface area contributed by atoms with Crippen LogP contribution in [0.25, 0.3) is 0 Å². The van der Waals surface area contributed by atoms with E-state index in [1.54, 1.807) is 20.8 Å². The highest BCUT2D eigenvalue weighted by Crippen LogP contribution is 2.47. The van der Waals surface area contributed by atoms with Crippen molar-refractivity contribution in [2.24, 2.45) is 11.3 Å². The van der Waals surface area contributed by atoms with Gasteiger partial charge in [-0.1, -0.05) is 52.0 Å². The molecule has 304 valence electrons. The summed E-state index contributed by atoms with van der Waals surface area (Å²) in [6.45, 7) is 12.4. The molecule has 2 aromatic rings. The zero-order valence-electron chi connectivity index (χ0n) is 31.9. The van der Waals surface area contributed by atoms with Crippen LogP contribution in [-0.4, -0.2) is 77.1 Å². The molecule has 0 spiro atoms. The molecule has 4 amide bonds. The minimum Gasteiger partial charge on any atom is -0.444 e. The molecule has 0 radical (unpaired) electrons. The molecule has 17 heteroatoms. The Kier molecular flexibility index (Phi) is 10.5. The number of anilines is 1. The minimum absolute atomic E-state index is 0.0297. The second-order valence-corrected chi connectivity index (χ2v) is 18.8. The molecule has 2 aromatic carbocycles. The molecule has 5 atom stereocenters. The summed E-state index contributed by atoms with van der Waals surface area (Å²) in [5.41, 5.74) is -1.27. The number of benzene rings is 2. The minimum atomic E-state index is -4.88. The Labute approximate surface area is 323 Å². The standard InChI is InChI=1S/C39H47F4N5O7S/c1-7-22-10-9-11-23-19-47(21-29(22)23)35(52)55-28-17-30(32(49)45-38(18-24(38)8-2)34(51)46-56(53,54)37(6)12-13-37)48(20-28)33(50)31(36(3,4)5)44-27-15-25(39(41,42)43)14-26(40)16-27/h8-11,14-16,24,28,30-31,44H,2,7,12-13,17-21H2,1,3-6H3,(H,45,49)(H,46,51). The Bertz CT molecular complexity index is 2070. The van der Waals surface area contributed by atoms with Gasteiger partial charge in [-0.15, -0.1) is 6.58 Å². The zero-order chi connectivity index (χ0) is 41.2. The molecule has 2 saturated carbocycles. The maximum Gasteiger partial charge on any atom is 0.416 e. The molecule has 3 fully saturated rings. The van der Waals surface area contributed by atoms with E-state index in [0.717, 1.165) is 34.1 Å². The van der Waals surface area contributed by atoms with Crippen molar-refractivity contribution in [2.45, 2.75) is 114 Å². The molecule has 4 aliphatic rings. The van der Waals surface area contributed by atoms with Gasteiger partial charge in [0.15, 0.2) is 0 Å². The number of nitrogens with zero attached hydrogens (tertiary/aromatic N) is 2. The Morgan fingerprint density at radius 2 is 1.79 bits per heavy atom. The number of sulfonamides is 1. The molecule has 12 nitrogen and oxygen atoms in total. The fourth-order valence-electron chi connectivity index (χ4n) is 7.48. The molecule has 2 aliphatic heterocycles. The van der Waals surface area contributed by atoms with E-state index in [4.69, 9.17) is 4.74 Å². The number of nitrogens with one attached hydrogen (secondary N) is 3. The van der Waals surface area contributed by atoms with Crippen molar-refractivity contribution in [3.8, 4) is 0 Å². The highest BCUT2D eigenvalue weighted by atomic mass is 32.2. The van der Waals surface area contributed by atoms with Crippen molar-refractivity contribution < 1.29 is 49.9 Å². The number of fused-ring (bicyclic) bond motifs is 1. The fourth-order valence-corrected chi connectivity index (χ4v) is 8.79. The summed E-state index contributed by atoms with van der Waals surface area (Å²) >= 11 is 0. The number of hydrogen-bond acceptors (Lipinski definition) is 8. The predicted octanol–water partition coefficient (Wildman–Crippen LogP) is 5.41. The van der Waals surface area contributed by atoms with Crippen molar-refractivity contribution in [3.05, 3.63) is 77.1 Å². The van der Waals surface area contributed by atoms with E-state index in [1.807, 2.05) is 25.1 Å². The second-order valence-electron chi connectivity index (χ2n) is 16.6. The number of amides is 4. The van der Waals surface area contributed by atoms with Gasteiger partial charge in [0, 0.05) is 31.1 Å². The van der Waals surface area contributed by atoms with Crippen LogP contribution in [0.15, 0.2) is 49.1 Å². The normalized spacial score (nSPS) is 24.5. The second kappa shape index (κ2) is 14.4. The van der Waals surface area contributed by atoms with Gasteiger partial charge in [0.25, 0.3) is 5.91 Å². The Hall–Kier alpha value is -4.67. The van der Waals surface area contributed by atoms with Crippen LogP contribution < -0.4 is 15.4 Å². The molecule has 2 heterocycles. The topological polar surface area (TPSA) is 154 Å². The lowest BCUT2D eigenvalue weighted by Crippen LogP contribution is -2.59. The molecule has 0 bridgehead atoms. The summed E-state index contributed by atoms with van der Waals surface area (Å²) in [5, 5.41) is 5.42. The average molecular weight is 806 g/mol. The van der Waals surface area contributed by atoms with Gasteiger partial charge in [0.05, 0.1) is 16.9 Å². The van der Waals surface area contributed by atoms with Crippen LogP contribution in [0.5, 0.6) is 0 Å². The smallest absolute Gasteiger partial charge is 0.416 e. The number of carbonyl (C=O) groups excluding carboxylic acids is 4. The number of hydrogen-bond donors (Lipinski definition) is 3. The van der Waals surface area contributed by atoms with E-state index in [2.05, 4.69) is 21.9 Å². The summed E-state index contributed by atoms with van der Waals surface area (Å²) in [6.07, 6.45) is -3.89. The fraction of sp³-hybridized carbons (Fsp3) is 0.538. The molecule has 0 aromatic heterocycles. The summed E-state index contributed by atoms with van der Waals surface area (Å²) in [6, 6.07) is 4.93. The summed E-state index contributed by atoms with van der Waals surface area (Å²) in [5.74, 6) is -4.40. The van der Waals surface area contributed by atoms with Crippen molar-refractivity contribution in [3.63, 3.8) is 0 Å². The zero-order valence-corrected chi connectivity index (χ0v) is 32.7. The summed E-state index contributed by atoms with van der Waals surface area (Å²) in [4.78, 5) is 58.6. The first kappa shape index (κ1) is 41.0. The summed E-state index contributed by atoms with van der Waals surface area (Å²) in [7, 11) is -4.08. The van der Waals surface area contributed by atoms with Crippen molar-refractivity contribution in [1.82, 2.24) is 19.8 Å². The van der Waals surface area contributed by atoms with Crippen molar-refractivity contribution in [1.29, 1.82) is 0 Å². The van der Waals surface area contributed by atoms with Crippen LogP contribution >= 0.6 is 0 Å². The number of alkyl halides is 3. The third kappa shape index (κ3) is 7.96. The van der Waals surface area contributed by atoms with Crippen LogP contribution in [0.4, 0.5) is 28.0 Å². The van der Waals surface area contributed by atoms with E-state index < -0.39 is 91.2 Å². The van der Waals surface area contributed by atoms with E-state index in [9.17, 15) is 45.2 Å². The maximum absolute atomic E-state index is 14.6. The number of ether oxygens (including phenoxy) is 1. The molecule has 6 rings (SSSR count). The number of likely N-dealkylation sites (tertiary alicyclic amines) is 1. The highest BCUT2D eigenvalue weighted by Gasteiger charge is 2.63. The Balaban J connectivity index is 1.27. The first-order chi connectivity index (χ1) is 26.0. The monoisotopic (exact) mass is 805 g/mol. The lowest BCUT2D eigenvalue weighted by molar-refractivity contribution is -0.141.